The van der Waals surface area contributed by atoms with Crippen LogP contribution in [-0.2, 0) is 11.2 Å². The lowest BCUT2D eigenvalue weighted by atomic mass is 10.0. The number of nitrogens with one attached hydrogen (secondary N) is 2. The van der Waals surface area contributed by atoms with E-state index in [0.717, 1.165) is 18.5 Å². The summed E-state index contributed by atoms with van der Waals surface area (Å²) in [4.78, 5) is 12.1. The summed E-state index contributed by atoms with van der Waals surface area (Å²) < 4.78 is 5.36. The molecular weight excluding hydrogens is 302 g/mol. The molecule has 1 aromatic rings. The molecule has 2 N–H and O–H groups in total. The molecule has 0 fully saturated rings. The van der Waals surface area contributed by atoms with Crippen molar-refractivity contribution < 1.29 is 9.53 Å². The van der Waals surface area contributed by atoms with Crippen LogP contribution in [0.5, 0.6) is 0 Å². The van der Waals surface area contributed by atoms with Gasteiger partial charge in [-0.1, -0.05) is 26.0 Å². The largest absolute Gasteiger partial charge is 0.444 e. The van der Waals surface area contributed by atoms with Gasteiger partial charge in [0.05, 0.1) is 11.6 Å². The molecular formula is C19H29N3O2. The van der Waals surface area contributed by atoms with Gasteiger partial charge in [-0.05, 0) is 57.9 Å². The predicted octanol–water partition coefficient (Wildman–Crippen LogP) is 3.38. The van der Waals surface area contributed by atoms with Gasteiger partial charge in [0.25, 0.3) is 0 Å². The zero-order valence-corrected chi connectivity index (χ0v) is 15.3. The number of nitriles is 1. The van der Waals surface area contributed by atoms with Crippen molar-refractivity contribution >= 4 is 6.09 Å². The number of rotatable bonds is 7. The highest BCUT2D eigenvalue weighted by Crippen LogP contribution is 2.11. The molecule has 0 saturated heterocycles. The molecule has 0 saturated carbocycles. The monoisotopic (exact) mass is 331 g/mol. The SMILES string of the molecule is CC(C)NCC[C@@H](Cc1ccc(C#N)cc1)NC(=O)OC(C)(C)C. The molecule has 0 heterocycles. The van der Waals surface area contributed by atoms with Crippen LogP contribution in [0.3, 0.4) is 0 Å². The van der Waals surface area contributed by atoms with Crippen LogP contribution < -0.4 is 10.6 Å². The topological polar surface area (TPSA) is 74.2 Å². The van der Waals surface area contributed by atoms with Crippen LogP contribution >= 0.6 is 0 Å². The fourth-order valence-corrected chi connectivity index (χ4v) is 2.25. The molecule has 0 spiro atoms. The van der Waals surface area contributed by atoms with E-state index in [-0.39, 0.29) is 6.04 Å². The molecule has 1 atom stereocenters. The minimum Gasteiger partial charge on any atom is -0.444 e. The lowest BCUT2D eigenvalue weighted by Gasteiger charge is -2.24. The number of hydrogen-bond donors (Lipinski definition) is 2. The molecule has 1 rings (SSSR count). The molecule has 0 aliphatic heterocycles. The molecule has 5 heteroatoms. The van der Waals surface area contributed by atoms with Crippen molar-refractivity contribution in [3.05, 3.63) is 35.4 Å². The lowest BCUT2D eigenvalue weighted by Crippen LogP contribution is -2.42. The third kappa shape index (κ3) is 8.54. The molecule has 0 radical (unpaired) electrons. The van der Waals surface area contributed by atoms with Crippen molar-refractivity contribution in [2.24, 2.45) is 0 Å². The van der Waals surface area contributed by atoms with Crippen molar-refractivity contribution in [3.8, 4) is 6.07 Å². The molecule has 0 aromatic heterocycles. The van der Waals surface area contributed by atoms with E-state index in [1.54, 1.807) is 12.1 Å². The normalized spacial score (nSPS) is 12.5. The molecule has 1 amide bonds. The third-order valence-electron chi connectivity index (χ3n) is 3.33. The highest BCUT2D eigenvalue weighted by Gasteiger charge is 2.19. The first kappa shape index (κ1) is 20.0. The zero-order chi connectivity index (χ0) is 18.2. The van der Waals surface area contributed by atoms with Crippen LogP contribution in [-0.4, -0.2) is 30.3 Å². The summed E-state index contributed by atoms with van der Waals surface area (Å²) in [5.74, 6) is 0. The summed E-state index contributed by atoms with van der Waals surface area (Å²) in [5, 5.41) is 15.2. The average molecular weight is 331 g/mol. The van der Waals surface area contributed by atoms with E-state index in [4.69, 9.17) is 10.00 Å². The quantitative estimate of drug-likeness (QED) is 0.803. The fourth-order valence-electron chi connectivity index (χ4n) is 2.25. The standard InChI is InChI=1S/C19H29N3O2/c1-14(2)21-11-10-17(22-18(23)24-19(3,4)5)12-15-6-8-16(13-20)9-7-15/h6-9,14,17,21H,10-12H2,1-5H3,(H,22,23)/t17-/m0/s1. The number of hydrogen-bond acceptors (Lipinski definition) is 4. The van der Waals surface area contributed by atoms with E-state index in [1.165, 1.54) is 0 Å². The summed E-state index contributed by atoms with van der Waals surface area (Å²) in [6.07, 6.45) is 1.10. The van der Waals surface area contributed by atoms with Gasteiger partial charge in [-0.25, -0.2) is 4.79 Å². The Hall–Kier alpha value is -2.06. The smallest absolute Gasteiger partial charge is 0.407 e. The second-order valence-electron chi connectivity index (χ2n) is 7.25. The highest BCUT2D eigenvalue weighted by atomic mass is 16.6. The average Bonchev–Trinajstić information content (AvgIpc) is 2.45. The number of carbonyl (C=O) groups is 1. The Balaban J connectivity index is 2.68. The van der Waals surface area contributed by atoms with Crippen molar-refractivity contribution in [1.29, 1.82) is 5.26 Å². The Bertz CT molecular complexity index is 553. The van der Waals surface area contributed by atoms with Gasteiger partial charge in [0.2, 0.25) is 0 Å². The van der Waals surface area contributed by atoms with Gasteiger partial charge in [0.1, 0.15) is 5.60 Å². The van der Waals surface area contributed by atoms with Gasteiger partial charge < -0.3 is 15.4 Å². The van der Waals surface area contributed by atoms with Gasteiger partial charge in [-0.3, -0.25) is 0 Å². The molecule has 0 aliphatic carbocycles. The molecule has 1 aromatic carbocycles. The Labute approximate surface area is 145 Å². The van der Waals surface area contributed by atoms with Gasteiger partial charge >= 0.3 is 6.09 Å². The summed E-state index contributed by atoms with van der Waals surface area (Å²) in [6.45, 7) is 10.6. The highest BCUT2D eigenvalue weighted by molar-refractivity contribution is 5.68. The number of amides is 1. The zero-order valence-electron chi connectivity index (χ0n) is 15.3. The van der Waals surface area contributed by atoms with E-state index in [1.807, 2.05) is 32.9 Å². The van der Waals surface area contributed by atoms with Crippen LogP contribution in [0.1, 0.15) is 52.2 Å². The maximum absolute atomic E-state index is 12.1. The second kappa shape index (κ2) is 9.29. The van der Waals surface area contributed by atoms with Gasteiger partial charge in [-0.2, -0.15) is 5.26 Å². The van der Waals surface area contributed by atoms with Crippen molar-refractivity contribution in [3.63, 3.8) is 0 Å². The summed E-state index contributed by atoms with van der Waals surface area (Å²) >= 11 is 0. The second-order valence-corrected chi connectivity index (χ2v) is 7.25. The van der Waals surface area contributed by atoms with E-state index in [0.29, 0.717) is 18.0 Å². The molecule has 0 aliphatic rings. The molecule has 132 valence electrons. The fraction of sp³-hybridized carbons (Fsp3) is 0.579. The Morgan fingerprint density at radius 2 is 1.88 bits per heavy atom. The first-order valence-electron chi connectivity index (χ1n) is 8.41. The number of carbonyl (C=O) groups excluding carboxylic acids is 1. The van der Waals surface area contributed by atoms with E-state index in [9.17, 15) is 4.79 Å². The predicted molar refractivity (Wildman–Crippen MR) is 95.8 cm³/mol. The van der Waals surface area contributed by atoms with E-state index >= 15 is 0 Å². The van der Waals surface area contributed by atoms with E-state index < -0.39 is 11.7 Å². The Kier molecular flexibility index (Phi) is 7.73. The molecule has 5 nitrogen and oxygen atoms in total. The molecule has 24 heavy (non-hydrogen) atoms. The summed E-state index contributed by atoms with van der Waals surface area (Å²) in [5.41, 5.74) is 1.20. The number of alkyl carbamates (subject to hydrolysis) is 1. The van der Waals surface area contributed by atoms with Crippen LogP contribution in [0.4, 0.5) is 4.79 Å². The third-order valence-corrected chi connectivity index (χ3v) is 3.33. The first-order chi connectivity index (χ1) is 11.2. The van der Waals surface area contributed by atoms with Crippen LogP contribution in [0, 0.1) is 11.3 Å². The van der Waals surface area contributed by atoms with Gasteiger partial charge in [0, 0.05) is 12.1 Å². The Morgan fingerprint density at radius 1 is 1.25 bits per heavy atom. The minimum atomic E-state index is -0.515. The van der Waals surface area contributed by atoms with E-state index in [2.05, 4.69) is 30.6 Å². The maximum atomic E-state index is 12.1. The maximum Gasteiger partial charge on any atom is 0.407 e. The van der Waals surface area contributed by atoms with Gasteiger partial charge in [-0.15, -0.1) is 0 Å². The first-order valence-corrected chi connectivity index (χ1v) is 8.41. The van der Waals surface area contributed by atoms with Gasteiger partial charge in [0.15, 0.2) is 0 Å². The van der Waals surface area contributed by atoms with Crippen LogP contribution in [0.15, 0.2) is 24.3 Å². The number of ether oxygens (including phenoxy) is 1. The van der Waals surface area contributed by atoms with Crippen molar-refractivity contribution in [2.75, 3.05) is 6.54 Å². The van der Waals surface area contributed by atoms with Crippen LogP contribution in [0.25, 0.3) is 0 Å². The summed E-state index contributed by atoms with van der Waals surface area (Å²) in [6, 6.07) is 9.94. The van der Waals surface area contributed by atoms with Crippen molar-refractivity contribution in [1.82, 2.24) is 10.6 Å². The lowest BCUT2D eigenvalue weighted by molar-refractivity contribution is 0.0502. The molecule has 0 bridgehead atoms. The minimum absolute atomic E-state index is 0.0287. The summed E-state index contributed by atoms with van der Waals surface area (Å²) in [7, 11) is 0. The Morgan fingerprint density at radius 3 is 2.38 bits per heavy atom. The van der Waals surface area contributed by atoms with Crippen molar-refractivity contribution in [2.45, 2.75) is 65.1 Å². The number of nitrogens with zero attached hydrogens (tertiary/aromatic N) is 1. The molecule has 0 unspecified atom stereocenters. The van der Waals surface area contributed by atoms with Crippen LogP contribution in [0.2, 0.25) is 0 Å². The number of benzene rings is 1.